The summed E-state index contributed by atoms with van der Waals surface area (Å²) in [5, 5.41) is 3.96. The van der Waals surface area contributed by atoms with Gasteiger partial charge in [-0.15, -0.1) is 0 Å². The molecule has 4 rings (SSSR count). The quantitative estimate of drug-likeness (QED) is 0.204. The number of hydrogen-bond donors (Lipinski definition) is 2. The van der Waals surface area contributed by atoms with Crippen molar-refractivity contribution in [2.45, 2.75) is 46.8 Å². The molecule has 0 radical (unpaired) electrons. The molecule has 0 fully saturated rings. The zero-order chi connectivity index (χ0) is 30.4. The first-order chi connectivity index (χ1) is 19.9. The number of para-hydroxylation sites is 1. The van der Waals surface area contributed by atoms with Crippen molar-refractivity contribution in [2.24, 2.45) is 5.92 Å². The van der Waals surface area contributed by atoms with E-state index in [1.165, 1.54) is 17.0 Å². The Kier molecular flexibility index (Phi) is 9.60. The van der Waals surface area contributed by atoms with Crippen molar-refractivity contribution in [3.8, 4) is 0 Å². The minimum absolute atomic E-state index is 0.109. The van der Waals surface area contributed by atoms with Crippen molar-refractivity contribution in [2.75, 3.05) is 25.0 Å². The molecule has 3 aromatic carbocycles. The van der Waals surface area contributed by atoms with Crippen LogP contribution in [0.3, 0.4) is 0 Å². The van der Waals surface area contributed by atoms with Crippen LogP contribution in [0.1, 0.15) is 41.7 Å². The molecular weight excluding hydrogens is 541 g/mol. The van der Waals surface area contributed by atoms with Crippen LogP contribution in [0.15, 0.2) is 72.9 Å². The summed E-state index contributed by atoms with van der Waals surface area (Å²) in [6.07, 6.45) is -1.99. The van der Waals surface area contributed by atoms with Gasteiger partial charge in [0.2, 0.25) is 5.91 Å². The van der Waals surface area contributed by atoms with E-state index in [1.54, 1.807) is 4.90 Å². The predicted octanol–water partition coefficient (Wildman–Crippen LogP) is 7.56. The number of amides is 3. The lowest BCUT2D eigenvalue weighted by Gasteiger charge is -2.29. The van der Waals surface area contributed by atoms with Crippen LogP contribution < -0.4 is 5.32 Å². The smallest absolute Gasteiger partial charge is 0.361 e. The van der Waals surface area contributed by atoms with Crippen molar-refractivity contribution in [3.63, 3.8) is 0 Å². The first-order valence-corrected chi connectivity index (χ1v) is 14.0. The number of alkyl halides is 3. The van der Waals surface area contributed by atoms with Crippen LogP contribution in [-0.2, 0) is 23.9 Å². The highest BCUT2D eigenvalue weighted by molar-refractivity contribution is 5.92. The number of fused-ring (bicyclic) bond motifs is 1. The van der Waals surface area contributed by atoms with Gasteiger partial charge < -0.3 is 20.1 Å². The Labute approximate surface area is 244 Å². The SMILES string of the molecule is Cc1ccc(NC(=O)N(CC(=O)N(CCc2c[nH]c3ccccc23)Cc2ccc(C(F)(F)F)cc2)CC(C)C)cc1C. The fraction of sp³-hybridized carbons (Fsp3) is 0.333. The molecule has 4 aromatic rings. The zero-order valence-electron chi connectivity index (χ0n) is 24.4. The van der Waals surface area contributed by atoms with Crippen LogP contribution >= 0.6 is 0 Å². The molecule has 0 aliphatic rings. The summed E-state index contributed by atoms with van der Waals surface area (Å²) in [6.45, 7) is 8.54. The maximum atomic E-state index is 13.8. The first kappa shape index (κ1) is 30.7. The van der Waals surface area contributed by atoms with Crippen molar-refractivity contribution in [1.82, 2.24) is 14.8 Å². The molecule has 0 spiro atoms. The fourth-order valence-electron chi connectivity index (χ4n) is 4.85. The van der Waals surface area contributed by atoms with E-state index in [-0.39, 0.29) is 30.9 Å². The molecule has 0 aliphatic carbocycles. The van der Waals surface area contributed by atoms with Crippen LogP contribution in [0, 0.1) is 19.8 Å². The van der Waals surface area contributed by atoms with Gasteiger partial charge in [-0.2, -0.15) is 13.2 Å². The summed E-state index contributed by atoms with van der Waals surface area (Å²) in [6, 6.07) is 18.0. The summed E-state index contributed by atoms with van der Waals surface area (Å²) < 4.78 is 39.4. The third-order valence-electron chi connectivity index (χ3n) is 7.29. The average Bonchev–Trinajstić information content (AvgIpc) is 3.35. The number of H-pyrrole nitrogens is 1. The number of halogens is 3. The van der Waals surface area contributed by atoms with Gasteiger partial charge in [-0.05, 0) is 78.8 Å². The van der Waals surface area contributed by atoms with Gasteiger partial charge in [-0.3, -0.25) is 4.79 Å². The number of nitrogens with zero attached hydrogens (tertiary/aromatic N) is 2. The van der Waals surface area contributed by atoms with Crippen molar-refractivity contribution in [1.29, 1.82) is 0 Å². The Balaban J connectivity index is 1.54. The molecule has 1 heterocycles. The Morgan fingerprint density at radius 1 is 0.929 bits per heavy atom. The minimum atomic E-state index is -4.44. The van der Waals surface area contributed by atoms with Gasteiger partial charge in [0.1, 0.15) is 6.54 Å². The summed E-state index contributed by atoms with van der Waals surface area (Å²) in [7, 11) is 0. The van der Waals surface area contributed by atoms with E-state index in [4.69, 9.17) is 0 Å². The first-order valence-electron chi connectivity index (χ1n) is 14.0. The summed E-state index contributed by atoms with van der Waals surface area (Å²) >= 11 is 0. The Hall–Kier alpha value is -4.27. The van der Waals surface area contributed by atoms with Crippen LogP contribution in [0.4, 0.5) is 23.7 Å². The lowest BCUT2D eigenvalue weighted by atomic mass is 10.1. The monoisotopic (exact) mass is 578 g/mol. The van der Waals surface area contributed by atoms with Crippen LogP contribution in [0.25, 0.3) is 10.9 Å². The Morgan fingerprint density at radius 2 is 1.64 bits per heavy atom. The molecule has 9 heteroatoms. The third kappa shape index (κ3) is 7.93. The van der Waals surface area contributed by atoms with E-state index in [0.29, 0.717) is 30.8 Å². The molecule has 42 heavy (non-hydrogen) atoms. The number of carbonyl (C=O) groups is 2. The molecule has 0 bridgehead atoms. The maximum absolute atomic E-state index is 13.8. The molecule has 6 nitrogen and oxygen atoms in total. The number of anilines is 1. The van der Waals surface area contributed by atoms with Gasteiger partial charge in [0.25, 0.3) is 0 Å². The number of hydrogen-bond acceptors (Lipinski definition) is 2. The average molecular weight is 579 g/mol. The molecule has 0 saturated carbocycles. The standard InChI is InChI=1S/C33H37F3N4O2/c1-22(2)19-40(32(42)38-28-14-9-23(3)24(4)17-28)21-31(41)39(20-25-10-12-27(13-11-25)33(34,35)36)16-15-26-18-37-30-8-6-5-7-29(26)30/h5-14,17-18,22,37H,15-16,19-21H2,1-4H3,(H,38,42). The summed E-state index contributed by atoms with van der Waals surface area (Å²) in [5.41, 5.74) is 4.64. The van der Waals surface area contributed by atoms with Crippen molar-refractivity contribution < 1.29 is 22.8 Å². The van der Waals surface area contributed by atoms with E-state index in [0.717, 1.165) is 39.7 Å². The third-order valence-corrected chi connectivity index (χ3v) is 7.29. The van der Waals surface area contributed by atoms with E-state index in [1.807, 2.05) is 76.4 Å². The van der Waals surface area contributed by atoms with Crippen LogP contribution in [-0.4, -0.2) is 46.4 Å². The second-order valence-corrected chi connectivity index (χ2v) is 11.1. The molecular formula is C33H37F3N4O2. The number of aromatic nitrogens is 1. The highest BCUT2D eigenvalue weighted by Crippen LogP contribution is 2.29. The van der Waals surface area contributed by atoms with Gasteiger partial charge in [0, 0.05) is 42.4 Å². The highest BCUT2D eigenvalue weighted by Gasteiger charge is 2.30. The summed E-state index contributed by atoms with van der Waals surface area (Å²) in [4.78, 5) is 33.4. The topological polar surface area (TPSA) is 68.4 Å². The minimum Gasteiger partial charge on any atom is -0.361 e. The van der Waals surface area contributed by atoms with Gasteiger partial charge >= 0.3 is 12.2 Å². The molecule has 3 amide bonds. The largest absolute Gasteiger partial charge is 0.416 e. The number of carbonyl (C=O) groups excluding carboxylic acids is 2. The molecule has 0 atom stereocenters. The second kappa shape index (κ2) is 13.1. The number of aromatic amines is 1. The number of urea groups is 1. The van der Waals surface area contributed by atoms with Crippen molar-refractivity contribution >= 4 is 28.5 Å². The van der Waals surface area contributed by atoms with Gasteiger partial charge in [-0.25, -0.2) is 4.79 Å². The van der Waals surface area contributed by atoms with Crippen molar-refractivity contribution in [3.05, 3.63) is 101 Å². The number of aryl methyl sites for hydroxylation is 2. The number of rotatable bonds is 10. The normalized spacial score (nSPS) is 11.6. The highest BCUT2D eigenvalue weighted by atomic mass is 19.4. The Morgan fingerprint density at radius 3 is 2.31 bits per heavy atom. The Bertz CT molecular complexity index is 1530. The molecule has 2 N–H and O–H groups in total. The van der Waals surface area contributed by atoms with E-state index in [2.05, 4.69) is 10.3 Å². The van der Waals surface area contributed by atoms with Crippen LogP contribution in [0.5, 0.6) is 0 Å². The van der Waals surface area contributed by atoms with Gasteiger partial charge in [-0.1, -0.05) is 50.2 Å². The second-order valence-electron chi connectivity index (χ2n) is 11.1. The lowest BCUT2D eigenvalue weighted by molar-refractivity contribution is -0.137. The molecule has 222 valence electrons. The van der Waals surface area contributed by atoms with E-state index >= 15 is 0 Å². The number of nitrogens with one attached hydrogen (secondary N) is 2. The molecule has 0 saturated heterocycles. The lowest BCUT2D eigenvalue weighted by Crippen LogP contribution is -2.46. The fourth-order valence-corrected chi connectivity index (χ4v) is 4.85. The maximum Gasteiger partial charge on any atom is 0.416 e. The molecule has 0 unspecified atom stereocenters. The van der Waals surface area contributed by atoms with E-state index in [9.17, 15) is 22.8 Å². The summed E-state index contributed by atoms with van der Waals surface area (Å²) in [5.74, 6) is -0.177. The predicted molar refractivity (Wildman–Crippen MR) is 160 cm³/mol. The zero-order valence-corrected chi connectivity index (χ0v) is 24.4. The number of benzene rings is 3. The van der Waals surface area contributed by atoms with Gasteiger partial charge in [0.05, 0.1) is 5.56 Å². The van der Waals surface area contributed by atoms with Gasteiger partial charge in [0.15, 0.2) is 0 Å². The molecule has 0 aliphatic heterocycles. The van der Waals surface area contributed by atoms with Crippen LogP contribution in [0.2, 0.25) is 0 Å². The molecule has 1 aromatic heterocycles. The van der Waals surface area contributed by atoms with E-state index < -0.39 is 11.7 Å².